The van der Waals surface area contributed by atoms with E-state index < -0.39 is 0 Å². The van der Waals surface area contributed by atoms with Gasteiger partial charge in [0.05, 0.1) is 0 Å². The van der Waals surface area contributed by atoms with E-state index in [0.717, 1.165) is 31.4 Å². The molecule has 2 heterocycles. The van der Waals surface area contributed by atoms with Gasteiger partial charge in [-0.15, -0.1) is 12.4 Å². The van der Waals surface area contributed by atoms with E-state index in [1.165, 1.54) is 0 Å². The van der Waals surface area contributed by atoms with Crippen LogP contribution in [0.15, 0.2) is 34.9 Å². The van der Waals surface area contributed by atoms with Crippen LogP contribution in [0, 0.1) is 0 Å². The van der Waals surface area contributed by atoms with Crippen LogP contribution in [0.1, 0.15) is 44.5 Å². The molecule has 7 heteroatoms. The second-order valence-corrected chi connectivity index (χ2v) is 6.10. The van der Waals surface area contributed by atoms with Crippen molar-refractivity contribution in [2.24, 2.45) is 5.73 Å². The molecule has 3 rings (SSSR count). The highest BCUT2D eigenvalue weighted by molar-refractivity contribution is 5.85. The molecule has 6 nitrogen and oxygen atoms in total. The van der Waals surface area contributed by atoms with Crippen molar-refractivity contribution in [2.45, 2.75) is 44.7 Å². The second-order valence-electron chi connectivity index (χ2n) is 6.10. The predicted octanol–water partition coefficient (Wildman–Crippen LogP) is 2.95. The lowest BCUT2D eigenvalue weighted by molar-refractivity contribution is -0.136. The van der Waals surface area contributed by atoms with Crippen LogP contribution in [-0.2, 0) is 4.79 Å². The molecule has 1 aromatic carbocycles. The maximum absolute atomic E-state index is 12.4. The fourth-order valence-corrected chi connectivity index (χ4v) is 2.95. The Morgan fingerprint density at radius 1 is 1.38 bits per heavy atom. The van der Waals surface area contributed by atoms with Gasteiger partial charge < -0.3 is 15.2 Å². The highest BCUT2D eigenvalue weighted by atomic mass is 35.5. The standard InChI is InChI=1S/C17H22N4O2.ClH/c1-12(18)11-15(22)21-10-6-5-9-14(21)17-19-16(20-23-17)13-7-3-2-4-8-13;/h2-4,7-8,12,14H,5-6,9-11,18H2,1H3;1H. The summed E-state index contributed by atoms with van der Waals surface area (Å²) in [5.74, 6) is 1.14. The van der Waals surface area contributed by atoms with E-state index in [1.807, 2.05) is 42.2 Å². The Morgan fingerprint density at radius 3 is 2.83 bits per heavy atom. The smallest absolute Gasteiger partial charge is 0.249 e. The Kier molecular flexibility index (Phi) is 6.34. The number of carbonyl (C=O) groups is 1. The first kappa shape index (κ1) is 18.4. The molecule has 0 radical (unpaired) electrons. The van der Waals surface area contributed by atoms with Crippen LogP contribution in [0.3, 0.4) is 0 Å². The summed E-state index contributed by atoms with van der Waals surface area (Å²) in [5, 5.41) is 4.07. The fraction of sp³-hybridized carbons (Fsp3) is 0.471. The van der Waals surface area contributed by atoms with Gasteiger partial charge in [-0.3, -0.25) is 4.79 Å². The van der Waals surface area contributed by atoms with Gasteiger partial charge in [0.15, 0.2) is 0 Å². The number of hydrogen-bond acceptors (Lipinski definition) is 5. The van der Waals surface area contributed by atoms with E-state index in [0.29, 0.717) is 18.1 Å². The Morgan fingerprint density at radius 2 is 2.12 bits per heavy atom. The third kappa shape index (κ3) is 4.13. The number of piperidine rings is 1. The predicted molar refractivity (Wildman–Crippen MR) is 93.6 cm³/mol. The summed E-state index contributed by atoms with van der Waals surface area (Å²) in [7, 11) is 0. The maximum Gasteiger partial charge on any atom is 0.249 e. The number of amides is 1. The molecule has 2 aromatic rings. The van der Waals surface area contributed by atoms with Crippen molar-refractivity contribution in [3.8, 4) is 11.4 Å². The number of halogens is 1. The molecule has 1 aliphatic heterocycles. The molecule has 0 bridgehead atoms. The molecular weight excluding hydrogens is 328 g/mol. The van der Waals surface area contributed by atoms with E-state index in [-0.39, 0.29) is 30.4 Å². The van der Waals surface area contributed by atoms with Crippen molar-refractivity contribution in [3.63, 3.8) is 0 Å². The van der Waals surface area contributed by atoms with Gasteiger partial charge in [-0.05, 0) is 26.2 Å². The van der Waals surface area contributed by atoms with E-state index >= 15 is 0 Å². The molecule has 1 aromatic heterocycles. The number of nitrogens with zero attached hydrogens (tertiary/aromatic N) is 3. The number of aromatic nitrogens is 2. The molecule has 0 spiro atoms. The van der Waals surface area contributed by atoms with Crippen LogP contribution < -0.4 is 5.73 Å². The largest absolute Gasteiger partial charge is 0.337 e. The van der Waals surface area contributed by atoms with Crippen molar-refractivity contribution in [1.29, 1.82) is 0 Å². The topological polar surface area (TPSA) is 85.3 Å². The molecule has 0 aliphatic carbocycles. The third-order valence-electron chi connectivity index (χ3n) is 4.08. The molecule has 1 fully saturated rings. The molecule has 1 aliphatic rings. The SMILES string of the molecule is CC(N)CC(=O)N1CCCCC1c1nc(-c2ccccc2)no1.Cl. The Labute approximate surface area is 147 Å². The quantitative estimate of drug-likeness (QED) is 0.916. The first-order chi connectivity index (χ1) is 11.1. The number of benzene rings is 1. The zero-order chi connectivity index (χ0) is 16.2. The Hall–Kier alpha value is -1.92. The lowest BCUT2D eigenvalue weighted by Gasteiger charge is -2.33. The number of likely N-dealkylation sites (tertiary alicyclic amines) is 1. The van der Waals surface area contributed by atoms with Crippen LogP contribution >= 0.6 is 12.4 Å². The molecular formula is C17H23ClN4O2. The summed E-state index contributed by atoms with van der Waals surface area (Å²) in [5.41, 5.74) is 6.67. The molecule has 1 amide bonds. The number of carbonyl (C=O) groups excluding carboxylic acids is 1. The molecule has 24 heavy (non-hydrogen) atoms. The number of rotatable bonds is 4. The minimum atomic E-state index is -0.146. The molecule has 2 atom stereocenters. The third-order valence-corrected chi connectivity index (χ3v) is 4.08. The molecule has 2 N–H and O–H groups in total. The van der Waals surface area contributed by atoms with Gasteiger partial charge in [-0.25, -0.2) is 0 Å². The normalized spacial score (nSPS) is 18.8. The first-order valence-electron chi connectivity index (χ1n) is 8.09. The zero-order valence-corrected chi connectivity index (χ0v) is 14.5. The fourth-order valence-electron chi connectivity index (χ4n) is 2.95. The Bertz CT molecular complexity index is 660. The summed E-state index contributed by atoms with van der Waals surface area (Å²) in [4.78, 5) is 18.8. The van der Waals surface area contributed by atoms with Crippen LogP contribution in [0.2, 0.25) is 0 Å². The van der Waals surface area contributed by atoms with E-state index in [1.54, 1.807) is 0 Å². The molecule has 0 saturated carbocycles. The van der Waals surface area contributed by atoms with Gasteiger partial charge in [-0.2, -0.15) is 4.98 Å². The van der Waals surface area contributed by atoms with Gasteiger partial charge in [0, 0.05) is 24.6 Å². The van der Waals surface area contributed by atoms with Gasteiger partial charge in [0.2, 0.25) is 17.6 Å². The van der Waals surface area contributed by atoms with Gasteiger partial charge in [-0.1, -0.05) is 35.5 Å². The summed E-state index contributed by atoms with van der Waals surface area (Å²) in [6.45, 7) is 2.57. The molecule has 2 unspecified atom stereocenters. The zero-order valence-electron chi connectivity index (χ0n) is 13.7. The summed E-state index contributed by atoms with van der Waals surface area (Å²) in [6.07, 6.45) is 3.24. The van der Waals surface area contributed by atoms with Crippen LogP contribution in [0.4, 0.5) is 0 Å². The van der Waals surface area contributed by atoms with Crippen LogP contribution in [0.5, 0.6) is 0 Å². The number of hydrogen-bond donors (Lipinski definition) is 1. The van der Waals surface area contributed by atoms with Gasteiger partial charge in [0.1, 0.15) is 6.04 Å². The number of nitrogens with two attached hydrogens (primary N) is 1. The lowest BCUT2D eigenvalue weighted by atomic mass is 10.0. The average Bonchev–Trinajstić information content (AvgIpc) is 3.05. The van der Waals surface area contributed by atoms with E-state index in [9.17, 15) is 4.79 Å². The van der Waals surface area contributed by atoms with E-state index in [2.05, 4.69) is 10.1 Å². The van der Waals surface area contributed by atoms with Crippen molar-refractivity contribution in [2.75, 3.05) is 6.54 Å². The van der Waals surface area contributed by atoms with E-state index in [4.69, 9.17) is 10.3 Å². The highest BCUT2D eigenvalue weighted by Crippen LogP contribution is 2.31. The van der Waals surface area contributed by atoms with Crippen molar-refractivity contribution >= 4 is 18.3 Å². The van der Waals surface area contributed by atoms with Gasteiger partial charge in [0.25, 0.3) is 0 Å². The van der Waals surface area contributed by atoms with Crippen molar-refractivity contribution < 1.29 is 9.32 Å². The monoisotopic (exact) mass is 350 g/mol. The van der Waals surface area contributed by atoms with Crippen LogP contribution in [-0.4, -0.2) is 33.5 Å². The van der Waals surface area contributed by atoms with Gasteiger partial charge >= 0.3 is 0 Å². The summed E-state index contributed by atoms with van der Waals surface area (Å²) < 4.78 is 5.46. The van der Waals surface area contributed by atoms with Crippen molar-refractivity contribution in [3.05, 3.63) is 36.2 Å². The first-order valence-corrected chi connectivity index (χ1v) is 8.09. The average molecular weight is 351 g/mol. The minimum absolute atomic E-state index is 0. The van der Waals surface area contributed by atoms with Crippen LogP contribution in [0.25, 0.3) is 11.4 Å². The second kappa shape index (κ2) is 8.26. The Balaban J connectivity index is 0.00000208. The summed E-state index contributed by atoms with van der Waals surface area (Å²) >= 11 is 0. The lowest BCUT2D eigenvalue weighted by Crippen LogP contribution is -2.40. The van der Waals surface area contributed by atoms with Crippen molar-refractivity contribution in [1.82, 2.24) is 15.0 Å². The molecule has 1 saturated heterocycles. The maximum atomic E-state index is 12.4. The molecule has 130 valence electrons. The minimum Gasteiger partial charge on any atom is -0.337 e. The highest BCUT2D eigenvalue weighted by Gasteiger charge is 2.32. The summed E-state index contributed by atoms with van der Waals surface area (Å²) in [6, 6.07) is 9.41.